The van der Waals surface area contributed by atoms with Crippen LogP contribution in [0.25, 0.3) is 11.2 Å². The summed E-state index contributed by atoms with van der Waals surface area (Å²) in [6.07, 6.45) is 2.19. The molecule has 0 fully saturated rings. The summed E-state index contributed by atoms with van der Waals surface area (Å²) in [5.74, 6) is 0.249. The lowest BCUT2D eigenvalue weighted by molar-refractivity contribution is 0.0470. The monoisotopic (exact) mass is 393 g/mol. The Balaban J connectivity index is 1.74. The van der Waals surface area contributed by atoms with Crippen LogP contribution in [0.3, 0.4) is 0 Å². The molecule has 11 heteroatoms. The molecule has 1 aromatic carbocycles. The second-order valence-electron chi connectivity index (χ2n) is 5.90. The molecule has 0 amide bonds. The Morgan fingerprint density at radius 1 is 1.11 bits per heavy atom. The molecule has 0 bridgehead atoms. The molecule has 4 N–H and O–H groups in total. The van der Waals surface area contributed by atoms with Crippen molar-refractivity contribution in [2.45, 2.75) is 12.6 Å². The topological polar surface area (TPSA) is 146 Å². The molecule has 144 valence electrons. The lowest BCUT2D eigenvalue weighted by Gasteiger charge is -2.19. The van der Waals surface area contributed by atoms with E-state index in [1.165, 1.54) is 12.7 Å². The fourth-order valence-electron chi connectivity index (χ4n) is 2.54. The molecule has 0 saturated heterocycles. The Morgan fingerprint density at radius 2 is 1.85 bits per heavy atom. The maximum absolute atomic E-state index is 11.0. The average Bonchev–Trinajstić information content (AvgIpc) is 3.06. The number of aromatic nitrogens is 4. The van der Waals surface area contributed by atoms with Crippen LogP contribution in [-0.2, 0) is 20.6 Å². The summed E-state index contributed by atoms with van der Waals surface area (Å²) < 4.78 is 23.7. The number of nitrogens with two attached hydrogens (primary N) is 1. The van der Waals surface area contributed by atoms with Gasteiger partial charge in [-0.2, -0.15) is 0 Å². The van der Waals surface area contributed by atoms with Crippen molar-refractivity contribution in [2.24, 2.45) is 0 Å². The molecular weight excluding hydrogens is 373 g/mol. The van der Waals surface area contributed by atoms with Gasteiger partial charge in [-0.05, 0) is 5.56 Å². The first kappa shape index (κ1) is 19.4. The predicted octanol–water partition coefficient (Wildman–Crippen LogP) is 1.32. The molecule has 0 radical (unpaired) electrons. The summed E-state index contributed by atoms with van der Waals surface area (Å²) in [5, 5.41) is 0. The Kier molecular flexibility index (Phi) is 6.15. The van der Waals surface area contributed by atoms with Gasteiger partial charge < -0.3 is 29.6 Å². The lowest BCUT2D eigenvalue weighted by atomic mass is 10.2. The first-order valence-corrected chi connectivity index (χ1v) is 9.91. The maximum atomic E-state index is 11.0. The number of nitrogens with zero attached hydrogens (tertiary/aromatic N) is 4. The zero-order valence-corrected chi connectivity index (χ0v) is 15.3. The van der Waals surface area contributed by atoms with Gasteiger partial charge >= 0.3 is 7.60 Å². The number of hydrogen-bond acceptors (Lipinski definition) is 7. The van der Waals surface area contributed by atoms with E-state index in [4.69, 9.17) is 25.0 Å². The number of benzene rings is 1. The average molecular weight is 393 g/mol. The van der Waals surface area contributed by atoms with Gasteiger partial charge in [0.1, 0.15) is 18.2 Å². The molecule has 2 heterocycles. The van der Waals surface area contributed by atoms with Crippen LogP contribution in [0.2, 0.25) is 0 Å². The van der Waals surface area contributed by atoms with E-state index >= 15 is 0 Å². The molecular formula is C16H20N5O5P. The molecule has 27 heavy (non-hydrogen) atoms. The summed E-state index contributed by atoms with van der Waals surface area (Å²) in [7, 11) is -4.26. The Hall–Kier alpha value is -2.36. The summed E-state index contributed by atoms with van der Waals surface area (Å²) >= 11 is 0. The number of fused-ring (bicyclic) bond motifs is 1. The third-order valence-electron chi connectivity index (χ3n) is 3.77. The molecule has 2 aromatic heterocycles. The van der Waals surface area contributed by atoms with Crippen LogP contribution < -0.4 is 5.73 Å². The highest BCUT2D eigenvalue weighted by Gasteiger charge is 2.20. The van der Waals surface area contributed by atoms with Gasteiger partial charge in [-0.1, -0.05) is 30.3 Å². The summed E-state index contributed by atoms with van der Waals surface area (Å²) in [5.41, 5.74) is 7.76. The van der Waals surface area contributed by atoms with E-state index in [1.54, 1.807) is 4.57 Å². The van der Waals surface area contributed by atoms with Crippen molar-refractivity contribution in [1.82, 2.24) is 19.5 Å². The first-order chi connectivity index (χ1) is 12.9. The number of rotatable bonds is 9. The van der Waals surface area contributed by atoms with E-state index in [-0.39, 0.29) is 19.0 Å². The maximum Gasteiger partial charge on any atom is 0.350 e. The van der Waals surface area contributed by atoms with Gasteiger partial charge in [0.05, 0.1) is 32.2 Å². The van der Waals surface area contributed by atoms with Gasteiger partial charge in [-0.3, -0.25) is 4.57 Å². The molecule has 0 unspecified atom stereocenters. The molecule has 0 saturated carbocycles. The fourth-order valence-corrected chi connectivity index (χ4v) is 2.88. The number of hydrogen-bond donors (Lipinski definition) is 3. The van der Waals surface area contributed by atoms with Crippen LogP contribution >= 0.6 is 7.60 Å². The number of ether oxygens (including phenoxy) is 2. The van der Waals surface area contributed by atoms with E-state index in [1.807, 2.05) is 30.3 Å². The minimum atomic E-state index is -4.26. The number of nitrogen functional groups attached to an aromatic ring is 1. The van der Waals surface area contributed by atoms with Crippen LogP contribution in [-0.4, -0.2) is 48.9 Å². The van der Waals surface area contributed by atoms with E-state index in [0.29, 0.717) is 17.8 Å². The van der Waals surface area contributed by atoms with E-state index < -0.39 is 20.0 Å². The summed E-state index contributed by atoms with van der Waals surface area (Å²) in [4.78, 5) is 30.3. The van der Waals surface area contributed by atoms with E-state index in [0.717, 1.165) is 5.56 Å². The fraction of sp³-hybridized carbons (Fsp3) is 0.312. The van der Waals surface area contributed by atoms with Crippen molar-refractivity contribution in [3.63, 3.8) is 0 Å². The molecule has 10 nitrogen and oxygen atoms in total. The van der Waals surface area contributed by atoms with Crippen molar-refractivity contribution in [3.05, 3.63) is 48.5 Å². The normalized spacial score (nSPS) is 13.1. The zero-order valence-electron chi connectivity index (χ0n) is 14.4. The summed E-state index contributed by atoms with van der Waals surface area (Å²) in [6, 6.07) is 9.24. The van der Waals surface area contributed by atoms with Crippen molar-refractivity contribution in [3.8, 4) is 0 Å². The van der Waals surface area contributed by atoms with Crippen molar-refractivity contribution in [2.75, 3.05) is 25.3 Å². The standard InChI is InChI=1S/C16H20N5O5P/c17-15-14-16(19-9-18-15)21(10-20-14)13(8-26-11-27(22,23)24)7-25-6-12-4-2-1-3-5-12/h1-5,9-10,13H,6-8,11H2,(H2,17,18,19)(H2,22,23,24)/t13-/m1/s1. The predicted molar refractivity (Wildman–Crippen MR) is 97.7 cm³/mol. The van der Waals surface area contributed by atoms with Crippen LogP contribution in [0.15, 0.2) is 43.0 Å². The second-order valence-corrected chi connectivity index (χ2v) is 7.49. The lowest BCUT2D eigenvalue weighted by Crippen LogP contribution is -2.21. The highest BCUT2D eigenvalue weighted by Crippen LogP contribution is 2.34. The smallest absolute Gasteiger partial charge is 0.350 e. The third kappa shape index (κ3) is 5.31. The highest BCUT2D eigenvalue weighted by atomic mass is 31.2. The summed E-state index contributed by atoms with van der Waals surface area (Å²) in [6.45, 7) is 0.625. The first-order valence-electron chi connectivity index (χ1n) is 8.11. The van der Waals surface area contributed by atoms with Crippen molar-refractivity contribution in [1.29, 1.82) is 0 Å². The van der Waals surface area contributed by atoms with Gasteiger partial charge in [0.15, 0.2) is 11.5 Å². The molecule has 3 aromatic rings. The number of anilines is 1. The van der Waals surface area contributed by atoms with Crippen LogP contribution in [0, 0.1) is 0 Å². The van der Waals surface area contributed by atoms with Crippen LogP contribution in [0.5, 0.6) is 0 Å². The van der Waals surface area contributed by atoms with Crippen molar-refractivity contribution < 1.29 is 23.8 Å². The van der Waals surface area contributed by atoms with E-state index in [9.17, 15) is 4.57 Å². The highest BCUT2D eigenvalue weighted by molar-refractivity contribution is 7.51. The molecule has 1 atom stereocenters. The van der Waals surface area contributed by atoms with Crippen LogP contribution in [0.1, 0.15) is 11.6 Å². The van der Waals surface area contributed by atoms with Gasteiger partial charge in [0, 0.05) is 0 Å². The minimum absolute atomic E-state index is 0.00919. The number of imidazole rings is 1. The third-order valence-corrected chi connectivity index (χ3v) is 4.29. The van der Waals surface area contributed by atoms with Gasteiger partial charge in [-0.15, -0.1) is 0 Å². The quantitative estimate of drug-likeness (QED) is 0.458. The molecule has 3 rings (SSSR count). The molecule has 0 aliphatic heterocycles. The second kappa shape index (κ2) is 8.55. The largest absolute Gasteiger partial charge is 0.382 e. The molecule has 0 aliphatic rings. The van der Waals surface area contributed by atoms with E-state index in [2.05, 4.69) is 15.0 Å². The van der Waals surface area contributed by atoms with Crippen LogP contribution in [0.4, 0.5) is 5.82 Å². The minimum Gasteiger partial charge on any atom is -0.382 e. The Labute approximate surface area is 155 Å². The SMILES string of the molecule is Nc1ncnc2c1ncn2[C@H](COCc1ccccc1)COCP(=O)(O)O. The van der Waals surface area contributed by atoms with Crippen molar-refractivity contribution >= 4 is 24.6 Å². The molecule has 0 aliphatic carbocycles. The Bertz CT molecular complexity index is 929. The van der Waals surface area contributed by atoms with Gasteiger partial charge in [0.2, 0.25) is 0 Å². The Morgan fingerprint density at radius 3 is 2.59 bits per heavy atom. The van der Waals surface area contributed by atoms with Gasteiger partial charge in [0.25, 0.3) is 0 Å². The zero-order chi connectivity index (χ0) is 19.3. The van der Waals surface area contributed by atoms with Gasteiger partial charge in [-0.25, -0.2) is 15.0 Å². The molecule has 0 spiro atoms.